The minimum Gasteiger partial charge on any atom is -0.390 e. The molecule has 6 heteroatoms. The van der Waals surface area contributed by atoms with Gasteiger partial charge in [0.05, 0.1) is 12.6 Å². The van der Waals surface area contributed by atoms with Gasteiger partial charge in [0.1, 0.15) is 0 Å². The van der Waals surface area contributed by atoms with Crippen molar-refractivity contribution in [2.45, 2.75) is 31.5 Å². The predicted octanol–water partition coefficient (Wildman–Crippen LogP) is -1.35. The third kappa shape index (κ3) is 3.04. The van der Waals surface area contributed by atoms with Crippen molar-refractivity contribution in [2.24, 2.45) is 0 Å². The van der Waals surface area contributed by atoms with Crippen molar-refractivity contribution >= 4 is 0 Å². The van der Waals surface area contributed by atoms with Gasteiger partial charge in [-0.25, -0.2) is 4.68 Å². The van der Waals surface area contributed by atoms with Crippen LogP contribution in [0.4, 0.5) is 0 Å². The standard InChI is InChI=1S/C10H15N3O3/c14-8(5-11-7-1-2-7)6-13-10(16)4-3-9(15)12-13/h3-4,7-8,11,14H,1-2,5-6H2,(H,12,15). The molecule has 0 spiro atoms. The molecule has 0 bridgehead atoms. The van der Waals surface area contributed by atoms with Crippen molar-refractivity contribution in [1.82, 2.24) is 15.1 Å². The molecule has 1 saturated carbocycles. The van der Waals surface area contributed by atoms with Gasteiger partial charge in [-0.15, -0.1) is 0 Å². The molecule has 1 heterocycles. The van der Waals surface area contributed by atoms with Crippen molar-refractivity contribution in [3.05, 3.63) is 32.8 Å². The molecule has 1 aromatic rings. The molecule has 1 aromatic heterocycles. The Hall–Kier alpha value is -1.40. The molecule has 0 aliphatic heterocycles. The number of hydrogen-bond donors (Lipinski definition) is 3. The largest absolute Gasteiger partial charge is 0.390 e. The van der Waals surface area contributed by atoms with E-state index >= 15 is 0 Å². The third-order valence-electron chi connectivity index (χ3n) is 2.50. The smallest absolute Gasteiger partial charge is 0.265 e. The van der Waals surface area contributed by atoms with Crippen molar-refractivity contribution < 1.29 is 5.11 Å². The van der Waals surface area contributed by atoms with E-state index in [0.29, 0.717) is 12.6 Å². The van der Waals surface area contributed by atoms with E-state index < -0.39 is 6.10 Å². The van der Waals surface area contributed by atoms with Crippen LogP contribution in [0, 0.1) is 0 Å². The summed E-state index contributed by atoms with van der Waals surface area (Å²) < 4.78 is 1.13. The Morgan fingerprint density at radius 3 is 2.94 bits per heavy atom. The lowest BCUT2D eigenvalue weighted by Crippen LogP contribution is -2.37. The van der Waals surface area contributed by atoms with E-state index in [4.69, 9.17) is 0 Å². The summed E-state index contributed by atoms with van der Waals surface area (Å²) in [5.41, 5.74) is -0.660. The molecular weight excluding hydrogens is 210 g/mol. The van der Waals surface area contributed by atoms with E-state index in [-0.39, 0.29) is 17.7 Å². The fraction of sp³-hybridized carbons (Fsp3) is 0.600. The molecule has 1 fully saturated rings. The lowest BCUT2D eigenvalue weighted by atomic mass is 10.3. The van der Waals surface area contributed by atoms with Gasteiger partial charge in [-0.05, 0) is 12.8 Å². The summed E-state index contributed by atoms with van der Waals surface area (Å²) in [7, 11) is 0. The SMILES string of the molecule is O=c1ccc(=O)n(CC(O)CNC2CC2)[nH]1. The highest BCUT2D eigenvalue weighted by atomic mass is 16.3. The Kier molecular flexibility index (Phi) is 3.21. The average molecular weight is 225 g/mol. The van der Waals surface area contributed by atoms with Crippen LogP contribution in [0.15, 0.2) is 21.7 Å². The van der Waals surface area contributed by atoms with Crippen LogP contribution in [0.3, 0.4) is 0 Å². The maximum absolute atomic E-state index is 11.3. The number of aromatic nitrogens is 2. The van der Waals surface area contributed by atoms with E-state index in [1.165, 1.54) is 12.1 Å². The lowest BCUT2D eigenvalue weighted by Gasteiger charge is -2.12. The van der Waals surface area contributed by atoms with E-state index in [9.17, 15) is 14.7 Å². The Morgan fingerprint density at radius 2 is 2.25 bits per heavy atom. The second kappa shape index (κ2) is 4.63. The van der Waals surface area contributed by atoms with Crippen LogP contribution >= 0.6 is 0 Å². The molecule has 0 amide bonds. The van der Waals surface area contributed by atoms with Gasteiger partial charge in [-0.3, -0.25) is 14.7 Å². The summed E-state index contributed by atoms with van der Waals surface area (Å²) in [6, 6.07) is 2.88. The first kappa shape index (κ1) is 11.1. The minimum atomic E-state index is -0.670. The topological polar surface area (TPSA) is 87.1 Å². The van der Waals surface area contributed by atoms with E-state index in [1.54, 1.807) is 0 Å². The lowest BCUT2D eigenvalue weighted by molar-refractivity contribution is 0.144. The number of aromatic amines is 1. The van der Waals surface area contributed by atoms with Crippen molar-refractivity contribution in [3.8, 4) is 0 Å². The fourth-order valence-electron chi connectivity index (χ4n) is 1.46. The van der Waals surface area contributed by atoms with Gasteiger partial charge in [-0.1, -0.05) is 0 Å². The molecule has 0 radical (unpaired) electrons. The molecule has 2 rings (SSSR count). The molecular formula is C10H15N3O3. The van der Waals surface area contributed by atoms with Crippen LogP contribution in [-0.4, -0.2) is 33.6 Å². The summed E-state index contributed by atoms with van der Waals surface area (Å²) in [6.45, 7) is 0.544. The van der Waals surface area contributed by atoms with Crippen LogP contribution in [0.25, 0.3) is 0 Å². The van der Waals surface area contributed by atoms with E-state index in [1.807, 2.05) is 0 Å². The van der Waals surface area contributed by atoms with Gasteiger partial charge in [0.2, 0.25) is 0 Å². The number of rotatable bonds is 5. The number of aliphatic hydroxyl groups excluding tert-OH is 1. The van der Waals surface area contributed by atoms with Crippen molar-refractivity contribution in [1.29, 1.82) is 0 Å². The van der Waals surface area contributed by atoms with Crippen molar-refractivity contribution in [3.63, 3.8) is 0 Å². The second-order valence-electron chi connectivity index (χ2n) is 4.09. The first-order valence-electron chi connectivity index (χ1n) is 5.37. The van der Waals surface area contributed by atoms with Gasteiger partial charge in [0.15, 0.2) is 0 Å². The zero-order valence-electron chi connectivity index (χ0n) is 8.85. The average Bonchev–Trinajstić information content (AvgIpc) is 3.04. The second-order valence-corrected chi connectivity index (χ2v) is 4.09. The summed E-state index contributed by atoms with van der Waals surface area (Å²) in [4.78, 5) is 22.3. The summed E-state index contributed by atoms with van der Waals surface area (Å²) in [5.74, 6) is 0. The number of nitrogens with zero attached hydrogens (tertiary/aromatic N) is 1. The molecule has 1 aliphatic carbocycles. The number of H-pyrrole nitrogens is 1. The van der Waals surface area contributed by atoms with Crippen LogP contribution in [0.5, 0.6) is 0 Å². The molecule has 1 unspecified atom stereocenters. The monoisotopic (exact) mass is 225 g/mol. The zero-order chi connectivity index (χ0) is 11.5. The minimum absolute atomic E-state index is 0.106. The highest BCUT2D eigenvalue weighted by Crippen LogP contribution is 2.18. The summed E-state index contributed by atoms with van der Waals surface area (Å²) in [6.07, 6.45) is 1.63. The highest BCUT2D eigenvalue weighted by Gasteiger charge is 2.21. The fourth-order valence-corrected chi connectivity index (χ4v) is 1.46. The zero-order valence-corrected chi connectivity index (χ0v) is 8.85. The summed E-state index contributed by atoms with van der Waals surface area (Å²) in [5, 5.41) is 15.2. The Bertz CT molecular complexity index is 461. The summed E-state index contributed by atoms with van der Waals surface area (Å²) >= 11 is 0. The molecule has 1 aliphatic rings. The molecule has 16 heavy (non-hydrogen) atoms. The van der Waals surface area contributed by atoms with Crippen LogP contribution in [-0.2, 0) is 6.54 Å². The van der Waals surface area contributed by atoms with E-state index in [2.05, 4.69) is 10.4 Å². The van der Waals surface area contributed by atoms with Crippen LogP contribution < -0.4 is 16.4 Å². The normalized spacial score (nSPS) is 17.3. The number of hydrogen-bond acceptors (Lipinski definition) is 4. The molecule has 0 saturated heterocycles. The number of aliphatic hydroxyl groups is 1. The maximum atomic E-state index is 11.3. The van der Waals surface area contributed by atoms with Gasteiger partial charge < -0.3 is 10.4 Å². The Labute approximate surface area is 91.9 Å². The van der Waals surface area contributed by atoms with Gasteiger partial charge in [0, 0.05) is 24.7 Å². The molecule has 3 N–H and O–H groups in total. The first-order chi connectivity index (χ1) is 7.65. The molecule has 88 valence electrons. The number of nitrogens with one attached hydrogen (secondary N) is 2. The molecule has 1 atom stereocenters. The first-order valence-corrected chi connectivity index (χ1v) is 5.37. The Morgan fingerprint density at radius 1 is 1.50 bits per heavy atom. The maximum Gasteiger partial charge on any atom is 0.265 e. The van der Waals surface area contributed by atoms with Gasteiger partial charge >= 0.3 is 0 Å². The Balaban J connectivity index is 1.93. The quantitative estimate of drug-likeness (QED) is 0.578. The molecule has 6 nitrogen and oxygen atoms in total. The van der Waals surface area contributed by atoms with Gasteiger partial charge in [0.25, 0.3) is 11.1 Å². The van der Waals surface area contributed by atoms with Crippen molar-refractivity contribution in [2.75, 3.05) is 6.54 Å². The van der Waals surface area contributed by atoms with Gasteiger partial charge in [-0.2, -0.15) is 0 Å². The predicted molar refractivity (Wildman–Crippen MR) is 58.4 cm³/mol. The third-order valence-corrected chi connectivity index (χ3v) is 2.50. The van der Waals surface area contributed by atoms with E-state index in [0.717, 1.165) is 17.5 Å². The van der Waals surface area contributed by atoms with Crippen LogP contribution in [0.1, 0.15) is 12.8 Å². The van der Waals surface area contributed by atoms with Crippen LogP contribution in [0.2, 0.25) is 0 Å². The highest BCUT2D eigenvalue weighted by molar-refractivity contribution is 4.87. The molecule has 0 aromatic carbocycles.